The zero-order valence-electron chi connectivity index (χ0n) is 13.3. The van der Waals surface area contributed by atoms with Crippen LogP contribution in [0.1, 0.15) is 36.8 Å². The number of alkyl halides is 3. The van der Waals surface area contributed by atoms with Crippen molar-refractivity contribution in [2.24, 2.45) is 5.92 Å². The van der Waals surface area contributed by atoms with Gasteiger partial charge in [-0.05, 0) is 49.8 Å². The minimum absolute atomic E-state index is 0. The van der Waals surface area contributed by atoms with Gasteiger partial charge in [0.15, 0.2) is 0 Å². The lowest BCUT2D eigenvalue weighted by Crippen LogP contribution is -2.38. The molecule has 0 aliphatic heterocycles. The van der Waals surface area contributed by atoms with E-state index in [0.717, 1.165) is 25.5 Å². The molecule has 0 aromatic heterocycles. The fourth-order valence-corrected chi connectivity index (χ4v) is 2.79. The van der Waals surface area contributed by atoms with Crippen molar-refractivity contribution in [3.05, 3.63) is 35.4 Å². The lowest BCUT2D eigenvalue weighted by atomic mass is 9.94. The Morgan fingerprint density at radius 1 is 1.25 bits per heavy atom. The van der Waals surface area contributed by atoms with E-state index in [9.17, 15) is 18.0 Å². The van der Waals surface area contributed by atoms with E-state index in [2.05, 4.69) is 10.6 Å². The van der Waals surface area contributed by atoms with E-state index in [0.29, 0.717) is 18.0 Å². The molecule has 0 unspecified atom stereocenters. The molecule has 1 amide bonds. The highest BCUT2D eigenvalue weighted by Crippen LogP contribution is 2.48. The van der Waals surface area contributed by atoms with Gasteiger partial charge < -0.3 is 10.6 Å². The average molecular weight is 363 g/mol. The molecule has 0 atom stereocenters. The molecule has 2 saturated carbocycles. The van der Waals surface area contributed by atoms with Crippen molar-refractivity contribution in [3.8, 4) is 0 Å². The Hall–Kier alpha value is -1.27. The Morgan fingerprint density at radius 2 is 1.96 bits per heavy atom. The topological polar surface area (TPSA) is 41.1 Å². The fraction of sp³-hybridized carbons (Fsp3) is 0.588. The van der Waals surface area contributed by atoms with Crippen molar-refractivity contribution in [2.45, 2.75) is 37.3 Å². The summed E-state index contributed by atoms with van der Waals surface area (Å²) in [5, 5.41) is 5.97. The highest BCUT2D eigenvalue weighted by atomic mass is 35.5. The fourth-order valence-electron chi connectivity index (χ4n) is 2.79. The van der Waals surface area contributed by atoms with Crippen LogP contribution in [0.15, 0.2) is 24.3 Å². The number of amides is 1. The molecule has 2 N–H and O–H groups in total. The van der Waals surface area contributed by atoms with E-state index in [1.165, 1.54) is 25.0 Å². The zero-order chi connectivity index (χ0) is 16.5. The summed E-state index contributed by atoms with van der Waals surface area (Å²) in [5.74, 6) is 0.617. The molecule has 134 valence electrons. The van der Waals surface area contributed by atoms with Gasteiger partial charge in [-0.3, -0.25) is 4.79 Å². The molecule has 2 fully saturated rings. The maximum Gasteiger partial charge on any atom is 0.416 e. The molecular weight excluding hydrogens is 341 g/mol. The van der Waals surface area contributed by atoms with Crippen molar-refractivity contribution in [1.82, 2.24) is 10.6 Å². The van der Waals surface area contributed by atoms with Gasteiger partial charge in [0.2, 0.25) is 5.91 Å². The predicted molar refractivity (Wildman–Crippen MR) is 88.2 cm³/mol. The van der Waals surface area contributed by atoms with Crippen molar-refractivity contribution in [3.63, 3.8) is 0 Å². The van der Waals surface area contributed by atoms with Gasteiger partial charge in [0.25, 0.3) is 0 Å². The Morgan fingerprint density at radius 3 is 2.54 bits per heavy atom. The molecule has 0 heterocycles. The third-order valence-corrected chi connectivity index (χ3v) is 4.70. The van der Waals surface area contributed by atoms with Crippen molar-refractivity contribution < 1.29 is 18.0 Å². The third-order valence-electron chi connectivity index (χ3n) is 4.70. The Balaban J connectivity index is 0.00000208. The summed E-state index contributed by atoms with van der Waals surface area (Å²) in [5.41, 5.74) is -0.287. The number of carbonyl (C=O) groups is 1. The van der Waals surface area contributed by atoms with E-state index >= 15 is 0 Å². The van der Waals surface area contributed by atoms with Crippen LogP contribution in [0.4, 0.5) is 13.2 Å². The van der Waals surface area contributed by atoms with Gasteiger partial charge in [-0.2, -0.15) is 13.2 Å². The maximum atomic E-state index is 12.8. The monoisotopic (exact) mass is 362 g/mol. The van der Waals surface area contributed by atoms with Crippen LogP contribution < -0.4 is 10.6 Å². The smallest absolute Gasteiger partial charge is 0.354 e. The van der Waals surface area contributed by atoms with Crippen LogP contribution in [0.25, 0.3) is 0 Å². The van der Waals surface area contributed by atoms with Gasteiger partial charge >= 0.3 is 6.18 Å². The maximum absolute atomic E-state index is 12.8. The first kappa shape index (κ1) is 19.1. The molecular formula is C17H22ClF3N2O. The van der Waals surface area contributed by atoms with Crippen LogP contribution in [0.3, 0.4) is 0 Å². The summed E-state index contributed by atoms with van der Waals surface area (Å²) < 4.78 is 38.5. The molecule has 2 aliphatic carbocycles. The van der Waals surface area contributed by atoms with Gasteiger partial charge in [0.05, 0.1) is 12.1 Å². The van der Waals surface area contributed by atoms with Crippen molar-refractivity contribution in [2.75, 3.05) is 19.6 Å². The number of carbonyl (C=O) groups excluding carboxylic acids is 1. The quantitative estimate of drug-likeness (QED) is 0.781. The average Bonchev–Trinajstić information content (AvgIpc) is 3.40. The summed E-state index contributed by atoms with van der Waals surface area (Å²) in [6.07, 6.45) is -0.253. The van der Waals surface area contributed by atoms with E-state index in [-0.39, 0.29) is 30.3 Å². The van der Waals surface area contributed by atoms with Gasteiger partial charge in [-0.1, -0.05) is 18.2 Å². The van der Waals surface area contributed by atoms with E-state index < -0.39 is 11.7 Å². The molecule has 0 radical (unpaired) electrons. The Labute approximate surface area is 145 Å². The third kappa shape index (κ3) is 4.86. The minimum atomic E-state index is -4.33. The molecule has 2 aliphatic rings. The van der Waals surface area contributed by atoms with Gasteiger partial charge in [-0.25, -0.2) is 0 Å². The van der Waals surface area contributed by atoms with E-state index in [1.807, 2.05) is 0 Å². The molecule has 0 bridgehead atoms. The summed E-state index contributed by atoms with van der Waals surface area (Å²) in [6, 6.07) is 5.46. The molecule has 1 aromatic rings. The standard InChI is InChI=1S/C17H21F3N2O.ClH/c18-17(19,20)14-3-1-2-13(8-14)16(6-7-16)11-22-15(23)10-21-9-12-4-5-12;/h1-3,8,12,21H,4-7,9-11H2,(H,22,23);1H. The lowest BCUT2D eigenvalue weighted by Gasteiger charge is -2.18. The second-order valence-electron chi connectivity index (χ2n) is 6.71. The minimum Gasteiger partial charge on any atom is -0.354 e. The second-order valence-corrected chi connectivity index (χ2v) is 6.71. The largest absolute Gasteiger partial charge is 0.416 e. The van der Waals surface area contributed by atoms with Crippen LogP contribution >= 0.6 is 12.4 Å². The van der Waals surface area contributed by atoms with Gasteiger partial charge in [-0.15, -0.1) is 12.4 Å². The molecule has 24 heavy (non-hydrogen) atoms. The first-order valence-electron chi connectivity index (χ1n) is 8.04. The molecule has 7 heteroatoms. The number of hydrogen-bond acceptors (Lipinski definition) is 2. The lowest BCUT2D eigenvalue weighted by molar-refractivity contribution is -0.137. The molecule has 3 nitrogen and oxygen atoms in total. The number of halogens is 4. The Bertz CT molecular complexity index is 583. The van der Waals surface area contributed by atoms with Crippen LogP contribution in [0, 0.1) is 5.92 Å². The van der Waals surface area contributed by atoms with Crippen molar-refractivity contribution in [1.29, 1.82) is 0 Å². The Kier molecular flexibility index (Phi) is 5.81. The first-order valence-corrected chi connectivity index (χ1v) is 8.04. The second kappa shape index (κ2) is 7.31. The SMILES string of the molecule is Cl.O=C(CNCC1CC1)NCC1(c2cccc(C(F)(F)F)c2)CC1. The van der Waals surface area contributed by atoms with Gasteiger partial charge in [0.1, 0.15) is 0 Å². The molecule has 0 spiro atoms. The van der Waals surface area contributed by atoms with Crippen LogP contribution in [0.2, 0.25) is 0 Å². The number of nitrogens with one attached hydrogen (secondary N) is 2. The first-order chi connectivity index (χ1) is 10.9. The highest BCUT2D eigenvalue weighted by molar-refractivity contribution is 5.85. The number of benzene rings is 1. The van der Waals surface area contributed by atoms with Gasteiger partial charge in [0, 0.05) is 12.0 Å². The molecule has 3 rings (SSSR count). The summed E-state index contributed by atoms with van der Waals surface area (Å²) in [6.45, 7) is 1.54. The summed E-state index contributed by atoms with van der Waals surface area (Å²) in [4.78, 5) is 11.8. The van der Waals surface area contributed by atoms with E-state index in [4.69, 9.17) is 0 Å². The highest BCUT2D eigenvalue weighted by Gasteiger charge is 2.45. The summed E-state index contributed by atoms with van der Waals surface area (Å²) >= 11 is 0. The number of hydrogen-bond donors (Lipinski definition) is 2. The normalized spacial score (nSPS) is 18.6. The predicted octanol–water partition coefficient (Wildman–Crippen LogP) is 3.27. The van der Waals surface area contributed by atoms with Crippen LogP contribution in [0.5, 0.6) is 0 Å². The van der Waals surface area contributed by atoms with Crippen LogP contribution in [-0.4, -0.2) is 25.5 Å². The van der Waals surface area contributed by atoms with E-state index in [1.54, 1.807) is 6.07 Å². The van der Waals surface area contributed by atoms with Crippen LogP contribution in [-0.2, 0) is 16.4 Å². The molecule has 0 saturated heterocycles. The zero-order valence-corrected chi connectivity index (χ0v) is 14.1. The number of rotatable bonds is 7. The summed E-state index contributed by atoms with van der Waals surface area (Å²) in [7, 11) is 0. The van der Waals surface area contributed by atoms with Crippen molar-refractivity contribution >= 4 is 18.3 Å². The molecule has 1 aromatic carbocycles.